The minimum atomic E-state index is -0.0508. The van der Waals surface area contributed by atoms with Gasteiger partial charge in [0.1, 0.15) is 0 Å². The predicted octanol–water partition coefficient (Wildman–Crippen LogP) is 3.51. The summed E-state index contributed by atoms with van der Waals surface area (Å²) in [6.07, 6.45) is 5.61. The van der Waals surface area contributed by atoms with Crippen LogP contribution in [0.5, 0.6) is 0 Å². The van der Waals surface area contributed by atoms with Crippen molar-refractivity contribution in [3.8, 4) is 6.07 Å². The summed E-state index contributed by atoms with van der Waals surface area (Å²) in [5.41, 5.74) is -0.0508. The Morgan fingerprint density at radius 3 is 2.18 bits per heavy atom. The molecule has 1 unspecified atom stereocenters. The highest BCUT2D eigenvalue weighted by molar-refractivity contribution is 4.94. The van der Waals surface area contributed by atoms with E-state index in [-0.39, 0.29) is 5.41 Å². The molecule has 0 rings (SSSR count). The molecule has 0 bridgehead atoms. The third-order valence-corrected chi connectivity index (χ3v) is 2.15. The molecule has 0 N–H and O–H groups in total. The van der Waals surface area contributed by atoms with Crippen LogP contribution in [0.2, 0.25) is 0 Å². The van der Waals surface area contributed by atoms with Crippen molar-refractivity contribution in [3.05, 3.63) is 0 Å². The Bertz CT molecular complexity index is 134. The van der Waals surface area contributed by atoms with Gasteiger partial charge in [0.15, 0.2) is 0 Å². The molecule has 0 aliphatic heterocycles. The van der Waals surface area contributed by atoms with Crippen LogP contribution in [0.15, 0.2) is 0 Å². The van der Waals surface area contributed by atoms with E-state index in [0.29, 0.717) is 0 Å². The second kappa shape index (κ2) is 5.18. The number of nitriles is 1. The Morgan fingerprint density at radius 2 is 1.82 bits per heavy atom. The fraction of sp³-hybridized carbons (Fsp3) is 0.900. The number of nitrogens with zero attached hydrogens (tertiary/aromatic N) is 1. The standard InChI is InChI=1S/C10H19N/c1-4-6-8-10(3,9-11)7-5-2/h4-8H2,1-3H3. The summed E-state index contributed by atoms with van der Waals surface area (Å²) in [6, 6.07) is 2.41. The maximum Gasteiger partial charge on any atom is 0.0686 e. The quantitative estimate of drug-likeness (QED) is 0.593. The lowest BCUT2D eigenvalue weighted by molar-refractivity contribution is 0.356. The molecule has 0 aliphatic carbocycles. The molecule has 0 aromatic rings. The van der Waals surface area contributed by atoms with Gasteiger partial charge in [-0.15, -0.1) is 0 Å². The lowest BCUT2D eigenvalue weighted by Crippen LogP contribution is -2.12. The Balaban J connectivity index is 3.81. The molecule has 0 saturated carbocycles. The summed E-state index contributed by atoms with van der Waals surface area (Å²) >= 11 is 0. The van der Waals surface area contributed by atoms with Crippen molar-refractivity contribution in [3.63, 3.8) is 0 Å². The number of unbranched alkanes of at least 4 members (excludes halogenated alkanes) is 1. The van der Waals surface area contributed by atoms with Crippen molar-refractivity contribution in [2.45, 2.75) is 52.9 Å². The predicted molar refractivity (Wildman–Crippen MR) is 48.2 cm³/mol. The van der Waals surface area contributed by atoms with Crippen molar-refractivity contribution in [1.82, 2.24) is 0 Å². The lowest BCUT2D eigenvalue weighted by atomic mass is 9.82. The monoisotopic (exact) mass is 153 g/mol. The van der Waals surface area contributed by atoms with E-state index in [0.717, 1.165) is 19.3 Å². The molecule has 0 amide bonds. The molecule has 11 heavy (non-hydrogen) atoms. The average molecular weight is 153 g/mol. The number of hydrogen-bond donors (Lipinski definition) is 0. The molecule has 0 fully saturated rings. The number of hydrogen-bond acceptors (Lipinski definition) is 1. The van der Waals surface area contributed by atoms with E-state index in [2.05, 4.69) is 26.8 Å². The van der Waals surface area contributed by atoms with E-state index in [1.807, 2.05) is 0 Å². The molecule has 0 radical (unpaired) electrons. The highest BCUT2D eigenvalue weighted by Gasteiger charge is 2.21. The van der Waals surface area contributed by atoms with Gasteiger partial charge in [-0.1, -0.05) is 33.1 Å². The molecular formula is C10H19N. The van der Waals surface area contributed by atoms with E-state index >= 15 is 0 Å². The first-order valence-electron chi connectivity index (χ1n) is 4.59. The van der Waals surface area contributed by atoms with E-state index in [9.17, 15) is 0 Å². The summed E-state index contributed by atoms with van der Waals surface area (Å²) in [6.45, 7) is 6.39. The van der Waals surface area contributed by atoms with Gasteiger partial charge in [-0.05, 0) is 19.8 Å². The number of rotatable bonds is 5. The summed E-state index contributed by atoms with van der Waals surface area (Å²) in [5.74, 6) is 0. The summed E-state index contributed by atoms with van der Waals surface area (Å²) in [7, 11) is 0. The topological polar surface area (TPSA) is 23.8 Å². The first-order valence-corrected chi connectivity index (χ1v) is 4.59. The van der Waals surface area contributed by atoms with E-state index in [4.69, 9.17) is 5.26 Å². The Kier molecular flexibility index (Phi) is 4.94. The zero-order valence-corrected chi connectivity index (χ0v) is 7.98. The fourth-order valence-electron chi connectivity index (χ4n) is 1.36. The van der Waals surface area contributed by atoms with Crippen LogP contribution in [-0.4, -0.2) is 0 Å². The van der Waals surface area contributed by atoms with Gasteiger partial charge >= 0.3 is 0 Å². The molecule has 1 nitrogen and oxygen atoms in total. The van der Waals surface area contributed by atoms with Gasteiger partial charge in [0, 0.05) is 0 Å². The molecule has 64 valence electrons. The molecule has 0 aliphatic rings. The lowest BCUT2D eigenvalue weighted by Gasteiger charge is -2.19. The highest BCUT2D eigenvalue weighted by Crippen LogP contribution is 2.28. The second-order valence-corrected chi connectivity index (χ2v) is 3.53. The van der Waals surface area contributed by atoms with Crippen molar-refractivity contribution < 1.29 is 0 Å². The SMILES string of the molecule is CCCCC(C)(C#N)CCC. The van der Waals surface area contributed by atoms with Gasteiger partial charge in [0.25, 0.3) is 0 Å². The minimum absolute atomic E-state index is 0.0508. The van der Waals surface area contributed by atoms with E-state index < -0.39 is 0 Å². The second-order valence-electron chi connectivity index (χ2n) is 3.53. The van der Waals surface area contributed by atoms with Gasteiger partial charge in [-0.2, -0.15) is 5.26 Å². The third-order valence-electron chi connectivity index (χ3n) is 2.15. The van der Waals surface area contributed by atoms with Gasteiger partial charge in [-0.3, -0.25) is 0 Å². The minimum Gasteiger partial charge on any atom is -0.198 e. The van der Waals surface area contributed by atoms with E-state index in [1.165, 1.54) is 12.8 Å². The van der Waals surface area contributed by atoms with Crippen LogP contribution in [0, 0.1) is 16.7 Å². The maximum absolute atomic E-state index is 8.89. The zero-order chi connectivity index (χ0) is 8.74. The molecule has 0 aromatic carbocycles. The van der Waals surface area contributed by atoms with Gasteiger partial charge in [-0.25, -0.2) is 0 Å². The van der Waals surface area contributed by atoms with Crippen LogP contribution in [0.4, 0.5) is 0 Å². The molecular weight excluding hydrogens is 134 g/mol. The smallest absolute Gasteiger partial charge is 0.0686 e. The fourth-order valence-corrected chi connectivity index (χ4v) is 1.36. The molecule has 0 heterocycles. The molecule has 1 atom stereocenters. The first-order chi connectivity index (χ1) is 5.18. The normalized spacial score (nSPS) is 15.5. The van der Waals surface area contributed by atoms with E-state index in [1.54, 1.807) is 0 Å². The average Bonchev–Trinajstić information content (AvgIpc) is 2.02. The molecule has 0 spiro atoms. The van der Waals surface area contributed by atoms with Gasteiger partial charge in [0.2, 0.25) is 0 Å². The largest absolute Gasteiger partial charge is 0.198 e. The van der Waals surface area contributed by atoms with Crippen LogP contribution in [0.3, 0.4) is 0 Å². The Morgan fingerprint density at radius 1 is 1.18 bits per heavy atom. The molecule has 0 saturated heterocycles. The summed E-state index contributed by atoms with van der Waals surface area (Å²) in [4.78, 5) is 0. The highest BCUT2D eigenvalue weighted by atomic mass is 14.3. The van der Waals surface area contributed by atoms with Crippen LogP contribution in [-0.2, 0) is 0 Å². The maximum atomic E-state index is 8.89. The molecule has 1 heteroatoms. The van der Waals surface area contributed by atoms with Crippen LogP contribution in [0.25, 0.3) is 0 Å². The summed E-state index contributed by atoms with van der Waals surface area (Å²) < 4.78 is 0. The van der Waals surface area contributed by atoms with Crippen molar-refractivity contribution >= 4 is 0 Å². The third kappa shape index (κ3) is 4.03. The van der Waals surface area contributed by atoms with Gasteiger partial charge in [0.05, 0.1) is 11.5 Å². The first kappa shape index (κ1) is 10.5. The van der Waals surface area contributed by atoms with Crippen molar-refractivity contribution in [2.75, 3.05) is 0 Å². The van der Waals surface area contributed by atoms with Crippen LogP contribution >= 0.6 is 0 Å². The van der Waals surface area contributed by atoms with Crippen LogP contribution < -0.4 is 0 Å². The zero-order valence-electron chi connectivity index (χ0n) is 7.98. The Hall–Kier alpha value is -0.510. The molecule has 0 aromatic heterocycles. The van der Waals surface area contributed by atoms with Crippen molar-refractivity contribution in [2.24, 2.45) is 5.41 Å². The Labute approximate surface area is 70.4 Å². The summed E-state index contributed by atoms with van der Waals surface area (Å²) in [5, 5.41) is 8.89. The van der Waals surface area contributed by atoms with Crippen LogP contribution in [0.1, 0.15) is 52.9 Å². The van der Waals surface area contributed by atoms with Crippen molar-refractivity contribution in [1.29, 1.82) is 5.26 Å². The van der Waals surface area contributed by atoms with Gasteiger partial charge < -0.3 is 0 Å².